The molecule has 1 aromatic heterocycles. The normalized spacial score (nSPS) is 21.9. The number of aromatic amines is 1. The largest absolute Gasteiger partial charge is 0.497 e. The fourth-order valence-corrected chi connectivity index (χ4v) is 3.68. The van der Waals surface area contributed by atoms with Crippen molar-refractivity contribution in [3.8, 4) is 17.1 Å². The second-order valence-corrected chi connectivity index (χ2v) is 6.46. The third-order valence-corrected chi connectivity index (χ3v) is 4.99. The molecule has 1 unspecified atom stereocenters. The minimum absolute atomic E-state index is 0.667. The molecule has 2 aromatic rings. The molecule has 4 rings (SSSR count). The van der Waals surface area contributed by atoms with Gasteiger partial charge in [0.15, 0.2) is 0 Å². The Labute approximate surface area is 137 Å². The number of hydrogen-bond acceptors (Lipinski definition) is 4. The van der Waals surface area contributed by atoms with Gasteiger partial charge in [0.25, 0.3) is 0 Å². The Morgan fingerprint density at radius 1 is 1.35 bits per heavy atom. The lowest BCUT2D eigenvalue weighted by atomic mass is 10.0. The van der Waals surface area contributed by atoms with E-state index < -0.39 is 0 Å². The van der Waals surface area contributed by atoms with Crippen LogP contribution in [0.1, 0.15) is 24.2 Å². The maximum atomic E-state index is 5.32. The quantitative estimate of drug-likeness (QED) is 0.912. The molecule has 2 N–H and O–H groups in total. The maximum absolute atomic E-state index is 5.32. The van der Waals surface area contributed by atoms with Crippen molar-refractivity contribution < 1.29 is 4.74 Å². The highest BCUT2D eigenvalue weighted by Gasteiger charge is 2.27. The van der Waals surface area contributed by atoms with Crippen LogP contribution in [0.5, 0.6) is 5.75 Å². The van der Waals surface area contributed by atoms with Gasteiger partial charge in [-0.05, 0) is 31.5 Å². The SMILES string of the molecule is COc1cccc(-c2nc3c([nH]2)CN(C2CCCNC2)CC3)c1. The van der Waals surface area contributed by atoms with Gasteiger partial charge in [-0.2, -0.15) is 0 Å². The Morgan fingerprint density at radius 2 is 2.30 bits per heavy atom. The Hall–Kier alpha value is -1.85. The van der Waals surface area contributed by atoms with Crippen molar-refractivity contribution in [2.45, 2.75) is 31.8 Å². The Bertz CT molecular complexity index is 675. The zero-order valence-corrected chi connectivity index (χ0v) is 13.6. The van der Waals surface area contributed by atoms with Gasteiger partial charge in [-0.15, -0.1) is 0 Å². The lowest BCUT2D eigenvalue weighted by Crippen LogP contribution is -2.47. The first-order valence-electron chi connectivity index (χ1n) is 8.50. The van der Waals surface area contributed by atoms with Crippen LogP contribution in [0.3, 0.4) is 0 Å². The van der Waals surface area contributed by atoms with Crippen LogP contribution in [0.2, 0.25) is 0 Å². The van der Waals surface area contributed by atoms with Crippen molar-refractivity contribution in [2.75, 3.05) is 26.7 Å². The average Bonchev–Trinajstić information content (AvgIpc) is 3.06. The number of imidazole rings is 1. The molecule has 1 aromatic carbocycles. The molecule has 5 nitrogen and oxygen atoms in total. The van der Waals surface area contributed by atoms with Crippen LogP contribution in [-0.4, -0.2) is 47.7 Å². The van der Waals surface area contributed by atoms with Gasteiger partial charge in [-0.25, -0.2) is 4.98 Å². The van der Waals surface area contributed by atoms with Crippen molar-refractivity contribution in [1.29, 1.82) is 0 Å². The topological polar surface area (TPSA) is 53.2 Å². The zero-order chi connectivity index (χ0) is 15.6. The van der Waals surface area contributed by atoms with Crippen LogP contribution in [0, 0.1) is 0 Å². The molecule has 0 bridgehead atoms. The van der Waals surface area contributed by atoms with Crippen molar-refractivity contribution in [2.24, 2.45) is 0 Å². The van der Waals surface area contributed by atoms with E-state index >= 15 is 0 Å². The predicted molar refractivity (Wildman–Crippen MR) is 90.6 cm³/mol. The van der Waals surface area contributed by atoms with Crippen LogP contribution in [0.4, 0.5) is 0 Å². The monoisotopic (exact) mass is 312 g/mol. The summed E-state index contributed by atoms with van der Waals surface area (Å²) in [7, 11) is 1.70. The number of fused-ring (bicyclic) bond motifs is 1. The van der Waals surface area contributed by atoms with E-state index in [1.807, 2.05) is 18.2 Å². The van der Waals surface area contributed by atoms with Gasteiger partial charge in [-0.1, -0.05) is 12.1 Å². The van der Waals surface area contributed by atoms with Gasteiger partial charge in [-0.3, -0.25) is 4.90 Å². The number of ether oxygens (including phenoxy) is 1. The van der Waals surface area contributed by atoms with Crippen LogP contribution in [0.15, 0.2) is 24.3 Å². The number of H-pyrrole nitrogens is 1. The number of aromatic nitrogens is 2. The van der Waals surface area contributed by atoms with Gasteiger partial charge in [0, 0.05) is 37.7 Å². The molecule has 23 heavy (non-hydrogen) atoms. The van der Waals surface area contributed by atoms with E-state index in [4.69, 9.17) is 9.72 Å². The van der Waals surface area contributed by atoms with E-state index in [-0.39, 0.29) is 0 Å². The summed E-state index contributed by atoms with van der Waals surface area (Å²) < 4.78 is 5.32. The highest BCUT2D eigenvalue weighted by atomic mass is 16.5. The number of rotatable bonds is 3. The summed E-state index contributed by atoms with van der Waals surface area (Å²) in [5, 5.41) is 3.52. The predicted octanol–water partition coefficient (Wildman–Crippen LogP) is 2.20. The highest BCUT2D eigenvalue weighted by molar-refractivity contribution is 5.58. The van der Waals surface area contributed by atoms with Gasteiger partial charge in [0.1, 0.15) is 11.6 Å². The molecular formula is C18H24N4O. The number of benzene rings is 1. The Balaban J connectivity index is 1.54. The molecule has 1 fully saturated rings. The minimum atomic E-state index is 0.667. The standard InChI is InChI=1S/C18H24N4O/c1-23-15-6-2-4-13(10-15)18-20-16-7-9-22(12-17(16)21-18)14-5-3-8-19-11-14/h2,4,6,10,14,19H,3,5,7-9,11-12H2,1H3,(H,20,21). The molecule has 1 saturated heterocycles. The molecule has 0 radical (unpaired) electrons. The molecule has 0 saturated carbocycles. The highest BCUT2D eigenvalue weighted by Crippen LogP contribution is 2.26. The van der Waals surface area contributed by atoms with Crippen molar-refractivity contribution in [3.63, 3.8) is 0 Å². The maximum Gasteiger partial charge on any atom is 0.137 e. The lowest BCUT2D eigenvalue weighted by Gasteiger charge is -2.36. The molecule has 5 heteroatoms. The summed E-state index contributed by atoms with van der Waals surface area (Å²) in [5.41, 5.74) is 3.59. The van der Waals surface area contributed by atoms with E-state index in [2.05, 4.69) is 21.3 Å². The lowest BCUT2D eigenvalue weighted by molar-refractivity contribution is 0.148. The van der Waals surface area contributed by atoms with Crippen LogP contribution >= 0.6 is 0 Å². The summed E-state index contributed by atoms with van der Waals surface area (Å²) in [5.74, 6) is 1.82. The molecule has 2 aliphatic rings. The van der Waals surface area contributed by atoms with Crippen LogP contribution in [0.25, 0.3) is 11.4 Å². The average molecular weight is 312 g/mol. The van der Waals surface area contributed by atoms with E-state index in [0.717, 1.165) is 43.2 Å². The minimum Gasteiger partial charge on any atom is -0.497 e. The van der Waals surface area contributed by atoms with E-state index in [1.165, 1.54) is 30.8 Å². The van der Waals surface area contributed by atoms with E-state index in [9.17, 15) is 0 Å². The van der Waals surface area contributed by atoms with Gasteiger partial charge in [0.05, 0.1) is 18.5 Å². The first-order chi connectivity index (χ1) is 11.3. The van der Waals surface area contributed by atoms with Crippen molar-refractivity contribution >= 4 is 0 Å². The Kier molecular flexibility index (Phi) is 4.06. The molecule has 1 atom stereocenters. The molecular weight excluding hydrogens is 288 g/mol. The number of nitrogens with one attached hydrogen (secondary N) is 2. The van der Waals surface area contributed by atoms with E-state index in [0.29, 0.717) is 6.04 Å². The van der Waals surface area contributed by atoms with Gasteiger partial charge < -0.3 is 15.0 Å². The number of nitrogens with zero attached hydrogens (tertiary/aromatic N) is 2. The molecule has 0 amide bonds. The summed E-state index contributed by atoms with van der Waals surface area (Å²) in [6, 6.07) is 8.75. The smallest absolute Gasteiger partial charge is 0.137 e. The fourth-order valence-electron chi connectivity index (χ4n) is 3.68. The fraction of sp³-hybridized carbons (Fsp3) is 0.500. The van der Waals surface area contributed by atoms with Gasteiger partial charge >= 0.3 is 0 Å². The zero-order valence-electron chi connectivity index (χ0n) is 13.6. The number of piperidine rings is 1. The van der Waals surface area contributed by atoms with Crippen LogP contribution in [-0.2, 0) is 13.0 Å². The molecule has 2 aliphatic heterocycles. The van der Waals surface area contributed by atoms with E-state index in [1.54, 1.807) is 7.11 Å². The first kappa shape index (κ1) is 14.7. The van der Waals surface area contributed by atoms with Crippen molar-refractivity contribution in [1.82, 2.24) is 20.2 Å². The second kappa shape index (κ2) is 6.34. The first-order valence-corrected chi connectivity index (χ1v) is 8.50. The summed E-state index contributed by atoms with van der Waals surface area (Å²) in [6.45, 7) is 4.38. The molecule has 3 heterocycles. The number of hydrogen-bond donors (Lipinski definition) is 2. The summed E-state index contributed by atoms with van der Waals surface area (Å²) in [6.07, 6.45) is 3.62. The third-order valence-electron chi connectivity index (χ3n) is 4.99. The number of methoxy groups -OCH3 is 1. The van der Waals surface area contributed by atoms with Crippen LogP contribution < -0.4 is 10.1 Å². The summed E-state index contributed by atoms with van der Waals surface area (Å²) in [4.78, 5) is 11.0. The third kappa shape index (κ3) is 2.99. The second-order valence-electron chi connectivity index (χ2n) is 6.46. The molecule has 122 valence electrons. The Morgan fingerprint density at radius 3 is 3.13 bits per heavy atom. The van der Waals surface area contributed by atoms with Crippen molar-refractivity contribution in [3.05, 3.63) is 35.7 Å². The van der Waals surface area contributed by atoms with Gasteiger partial charge in [0.2, 0.25) is 0 Å². The molecule has 0 spiro atoms. The molecule has 0 aliphatic carbocycles. The summed E-state index contributed by atoms with van der Waals surface area (Å²) >= 11 is 0.